The summed E-state index contributed by atoms with van der Waals surface area (Å²) in [6.45, 7) is 4.68. The van der Waals surface area contributed by atoms with Crippen molar-refractivity contribution >= 4 is 37.6 Å². The molecule has 222 valence electrons. The molecular weight excluding hydrogens is 567 g/mol. The third kappa shape index (κ3) is 4.46. The van der Waals surface area contributed by atoms with Crippen LogP contribution >= 0.6 is 0 Å². The number of ether oxygens (including phenoxy) is 1. The monoisotopic (exact) mass is 600 g/mol. The molecule has 2 heterocycles. The number of sulfone groups is 1. The molecule has 3 atom stereocenters. The van der Waals surface area contributed by atoms with Crippen molar-refractivity contribution in [3.63, 3.8) is 0 Å². The molecule has 2 aliphatic carbocycles. The van der Waals surface area contributed by atoms with Gasteiger partial charge in [0.25, 0.3) is 5.91 Å². The Kier molecular flexibility index (Phi) is 6.13. The predicted molar refractivity (Wildman–Crippen MR) is 165 cm³/mol. The van der Waals surface area contributed by atoms with E-state index < -0.39 is 20.8 Å². The minimum Gasteiger partial charge on any atom is -0.384 e. The fourth-order valence-corrected chi connectivity index (χ4v) is 8.63. The van der Waals surface area contributed by atoms with E-state index >= 15 is 0 Å². The summed E-state index contributed by atoms with van der Waals surface area (Å²) in [5.74, 6) is -0.503. The molecule has 0 radical (unpaired) electrons. The molecule has 5 aromatic rings. The second-order valence-corrected chi connectivity index (χ2v) is 15.0. The second kappa shape index (κ2) is 9.49. The number of rotatable bonds is 8. The van der Waals surface area contributed by atoms with Crippen LogP contribution in [0.2, 0.25) is 0 Å². The van der Waals surface area contributed by atoms with Gasteiger partial charge < -0.3 is 14.6 Å². The molecule has 2 N–H and O–H groups in total. The number of carbonyl (C=O) groups excluding carboxylic acids is 1. The van der Waals surface area contributed by atoms with Crippen molar-refractivity contribution in [3.05, 3.63) is 83.9 Å². The van der Waals surface area contributed by atoms with E-state index in [0.717, 1.165) is 44.3 Å². The molecule has 0 spiro atoms. The molecule has 2 fully saturated rings. The molecule has 8 nitrogen and oxygen atoms in total. The highest BCUT2D eigenvalue weighted by Crippen LogP contribution is 2.62. The minimum atomic E-state index is -3.10. The highest BCUT2D eigenvalue weighted by molar-refractivity contribution is 7.91. The average Bonchev–Trinajstić information content (AvgIpc) is 3.27. The van der Waals surface area contributed by atoms with Crippen molar-refractivity contribution in [2.24, 2.45) is 5.92 Å². The summed E-state index contributed by atoms with van der Waals surface area (Å²) in [5.41, 5.74) is 5.23. The number of benzene rings is 3. The Hall–Kier alpha value is -4.02. The lowest BCUT2D eigenvalue weighted by molar-refractivity contribution is 0.0909. The fraction of sp³-hybridized carbons (Fsp3) is 0.333. The van der Waals surface area contributed by atoms with Crippen LogP contribution < -0.4 is 5.32 Å². The summed E-state index contributed by atoms with van der Waals surface area (Å²) < 4.78 is 45.8. The molecule has 7 rings (SSSR count). The molecule has 0 aliphatic heterocycles. The maximum absolute atomic E-state index is 14.0. The minimum absolute atomic E-state index is 0.00760. The highest BCUT2D eigenvalue weighted by Gasteiger charge is 2.70. The number of hydrogen-bond acceptors (Lipinski definition) is 5. The Morgan fingerprint density at radius 3 is 2.51 bits per heavy atom. The van der Waals surface area contributed by atoms with E-state index in [1.54, 1.807) is 25.4 Å². The molecule has 2 saturated carbocycles. The van der Waals surface area contributed by atoms with Gasteiger partial charge in [0, 0.05) is 63.5 Å². The lowest BCUT2D eigenvalue weighted by atomic mass is 9.84. The van der Waals surface area contributed by atoms with Crippen molar-refractivity contribution < 1.29 is 22.3 Å². The van der Waals surface area contributed by atoms with Gasteiger partial charge in [-0.3, -0.25) is 9.89 Å². The van der Waals surface area contributed by atoms with Crippen LogP contribution in [0.5, 0.6) is 0 Å². The lowest BCUT2D eigenvalue weighted by Gasteiger charge is -2.34. The van der Waals surface area contributed by atoms with E-state index in [4.69, 9.17) is 4.74 Å². The zero-order valence-electron chi connectivity index (χ0n) is 24.4. The molecule has 2 aliphatic rings. The van der Waals surface area contributed by atoms with Gasteiger partial charge in [0.05, 0.1) is 29.1 Å². The van der Waals surface area contributed by atoms with Crippen LogP contribution in [0.1, 0.15) is 42.7 Å². The second-order valence-electron chi connectivity index (χ2n) is 12.7. The summed E-state index contributed by atoms with van der Waals surface area (Å²) in [6, 6.07) is 18.2. The molecule has 43 heavy (non-hydrogen) atoms. The number of carbonyl (C=O) groups is 1. The average molecular weight is 601 g/mol. The summed E-state index contributed by atoms with van der Waals surface area (Å²) in [5, 5.41) is 12.0. The molecular formula is C33H33FN4O4S. The zero-order valence-corrected chi connectivity index (χ0v) is 25.3. The Morgan fingerprint density at radius 2 is 1.86 bits per heavy atom. The van der Waals surface area contributed by atoms with Gasteiger partial charge in [0.2, 0.25) is 0 Å². The predicted octanol–water partition coefficient (Wildman–Crippen LogP) is 5.54. The third-order valence-electron chi connectivity index (χ3n) is 9.25. The van der Waals surface area contributed by atoms with Crippen LogP contribution in [-0.2, 0) is 20.0 Å². The summed E-state index contributed by atoms with van der Waals surface area (Å²) in [6.07, 6.45) is 4.24. The van der Waals surface area contributed by atoms with Gasteiger partial charge in [0.1, 0.15) is 5.82 Å². The van der Waals surface area contributed by atoms with Gasteiger partial charge >= 0.3 is 0 Å². The normalized spacial score (nSPS) is 21.5. The van der Waals surface area contributed by atoms with Crippen LogP contribution in [0.15, 0.2) is 66.9 Å². The third-order valence-corrected chi connectivity index (χ3v) is 10.8. The van der Waals surface area contributed by atoms with E-state index in [0.29, 0.717) is 25.0 Å². The van der Waals surface area contributed by atoms with Crippen molar-refractivity contribution in [1.82, 2.24) is 20.1 Å². The van der Waals surface area contributed by atoms with E-state index in [1.165, 1.54) is 18.4 Å². The van der Waals surface area contributed by atoms with Gasteiger partial charge in [-0.15, -0.1) is 0 Å². The number of H-pyrrole nitrogens is 1. The number of aromatic amines is 1. The summed E-state index contributed by atoms with van der Waals surface area (Å²) in [7, 11) is -1.42. The number of fused-ring (bicyclic) bond motifs is 3. The van der Waals surface area contributed by atoms with Crippen LogP contribution in [0.4, 0.5) is 4.39 Å². The van der Waals surface area contributed by atoms with E-state index in [2.05, 4.69) is 46.1 Å². The van der Waals surface area contributed by atoms with Crippen molar-refractivity contribution in [3.8, 4) is 16.8 Å². The Labute approximate surface area is 249 Å². The van der Waals surface area contributed by atoms with Gasteiger partial charge in [0.15, 0.2) is 9.84 Å². The highest BCUT2D eigenvalue weighted by atomic mass is 32.2. The number of methoxy groups -OCH3 is 1. The number of amides is 1. The standard InChI is InChI=1S/C33H33FN4O4S/c1-32(2,18-42-3)30-29(19-5-7-20(8-6-19)31(39)36-33-15-25(33)28(16-33)43(4,40)41)24-14-26-21(17-35-37-26)13-27(24)38(30)23-11-9-22(34)10-12-23/h5-14,17,25,28H,15-16,18H2,1-4H3,(H,35,37)(H,36,39)/t25?,28-,33+/m0/s1. The Bertz CT molecular complexity index is 2010. The van der Waals surface area contributed by atoms with Gasteiger partial charge in [-0.1, -0.05) is 26.0 Å². The number of nitrogens with zero attached hydrogens (tertiary/aromatic N) is 2. The molecule has 2 aromatic heterocycles. The summed E-state index contributed by atoms with van der Waals surface area (Å²) in [4.78, 5) is 13.2. The van der Waals surface area contributed by atoms with Crippen LogP contribution in [-0.4, -0.2) is 59.9 Å². The lowest BCUT2D eigenvalue weighted by Crippen LogP contribution is -2.52. The smallest absolute Gasteiger partial charge is 0.251 e. The SMILES string of the molecule is COCC(C)(C)c1c(-c2ccc(C(=O)N[C@@]34CC3[C@@H](S(C)(=O)=O)C4)cc2)c2cc3[nH]ncc3cc2n1-c1ccc(F)cc1. The Balaban J connectivity index is 1.34. The quantitative estimate of drug-likeness (QED) is 0.243. The van der Waals surface area contributed by atoms with Crippen LogP contribution in [0.3, 0.4) is 0 Å². The van der Waals surface area contributed by atoms with Crippen LogP contribution in [0.25, 0.3) is 38.6 Å². The zero-order chi connectivity index (χ0) is 30.3. The molecule has 0 saturated heterocycles. The van der Waals surface area contributed by atoms with E-state index in [9.17, 15) is 17.6 Å². The molecule has 10 heteroatoms. The van der Waals surface area contributed by atoms with Crippen molar-refractivity contribution in [2.45, 2.75) is 42.9 Å². The van der Waals surface area contributed by atoms with Crippen molar-refractivity contribution in [2.75, 3.05) is 20.0 Å². The largest absolute Gasteiger partial charge is 0.384 e. The number of aromatic nitrogens is 3. The van der Waals surface area contributed by atoms with E-state index in [1.807, 2.05) is 24.3 Å². The number of halogens is 1. The van der Waals surface area contributed by atoms with Crippen LogP contribution in [0, 0.1) is 11.7 Å². The van der Waals surface area contributed by atoms with Gasteiger partial charge in [-0.05, 0) is 66.9 Å². The maximum atomic E-state index is 14.0. The van der Waals surface area contributed by atoms with Crippen molar-refractivity contribution in [1.29, 1.82) is 0 Å². The molecule has 0 bridgehead atoms. The summed E-state index contributed by atoms with van der Waals surface area (Å²) >= 11 is 0. The molecule has 3 aromatic carbocycles. The van der Waals surface area contributed by atoms with Gasteiger partial charge in [-0.25, -0.2) is 12.8 Å². The topological polar surface area (TPSA) is 106 Å². The first-order valence-electron chi connectivity index (χ1n) is 14.3. The number of hydrogen-bond donors (Lipinski definition) is 2. The first-order valence-corrected chi connectivity index (χ1v) is 16.3. The molecule has 1 unspecified atom stereocenters. The first-order chi connectivity index (χ1) is 20.4. The fourth-order valence-electron chi connectivity index (χ4n) is 7.07. The maximum Gasteiger partial charge on any atom is 0.251 e. The first kappa shape index (κ1) is 27.8. The number of nitrogens with one attached hydrogen (secondary N) is 2. The Morgan fingerprint density at radius 1 is 1.14 bits per heavy atom. The molecule has 1 amide bonds. The van der Waals surface area contributed by atoms with E-state index in [-0.39, 0.29) is 22.9 Å². The van der Waals surface area contributed by atoms with Gasteiger partial charge in [-0.2, -0.15) is 5.10 Å².